The van der Waals surface area contributed by atoms with Crippen LogP contribution in [0.4, 0.5) is 0 Å². The van der Waals surface area contributed by atoms with Crippen LogP contribution in [0.1, 0.15) is 5.56 Å². The van der Waals surface area contributed by atoms with Gasteiger partial charge in [0.1, 0.15) is 5.75 Å². The number of hydrogen-bond acceptors (Lipinski definition) is 2. The zero-order valence-electron chi connectivity index (χ0n) is 7.13. The van der Waals surface area contributed by atoms with E-state index >= 15 is 0 Å². The Morgan fingerprint density at radius 1 is 1.33 bits per heavy atom. The Morgan fingerprint density at radius 3 is 2.58 bits per heavy atom. The average molecular weight is 187 g/mol. The summed E-state index contributed by atoms with van der Waals surface area (Å²) >= 11 is 5.88. The summed E-state index contributed by atoms with van der Waals surface area (Å²) in [6, 6.07) is 5.59. The number of halogens is 1. The summed E-state index contributed by atoms with van der Waals surface area (Å²) in [5, 5.41) is 0.618. The lowest BCUT2D eigenvalue weighted by molar-refractivity contribution is 0.185. The quantitative estimate of drug-likeness (QED) is 0.722. The van der Waals surface area contributed by atoms with E-state index in [0.717, 1.165) is 5.56 Å². The molecule has 0 heterocycles. The molecule has 1 aromatic carbocycles. The maximum atomic E-state index is 5.88. The van der Waals surface area contributed by atoms with E-state index in [9.17, 15) is 0 Å². The minimum atomic E-state index is 0.573. The molecule has 1 rings (SSSR count). The van der Waals surface area contributed by atoms with Gasteiger partial charge in [-0.2, -0.15) is 0 Å². The van der Waals surface area contributed by atoms with Gasteiger partial charge in [-0.05, 0) is 17.7 Å². The van der Waals surface area contributed by atoms with Gasteiger partial charge in [0.15, 0.2) is 0 Å². The van der Waals surface area contributed by atoms with Crippen LogP contribution in [0.3, 0.4) is 0 Å². The predicted molar refractivity (Wildman–Crippen MR) is 48.7 cm³/mol. The Morgan fingerprint density at radius 2 is 2.08 bits per heavy atom. The highest BCUT2D eigenvalue weighted by molar-refractivity contribution is 6.32. The number of methoxy groups -OCH3 is 2. The molecule has 0 saturated carbocycles. The molecule has 0 unspecified atom stereocenters. The monoisotopic (exact) mass is 186 g/mol. The zero-order valence-corrected chi connectivity index (χ0v) is 7.89. The average Bonchev–Trinajstić information content (AvgIpc) is 2.05. The Balaban J connectivity index is 2.86. The summed E-state index contributed by atoms with van der Waals surface area (Å²) in [6.07, 6.45) is 0. The summed E-state index contributed by atoms with van der Waals surface area (Å²) in [4.78, 5) is 0. The molecule has 0 atom stereocenters. The van der Waals surface area contributed by atoms with Crippen molar-refractivity contribution in [2.45, 2.75) is 6.61 Å². The van der Waals surface area contributed by atoms with Gasteiger partial charge in [0.05, 0.1) is 18.7 Å². The third kappa shape index (κ3) is 2.13. The molecule has 12 heavy (non-hydrogen) atoms. The molecule has 0 N–H and O–H groups in total. The van der Waals surface area contributed by atoms with Crippen molar-refractivity contribution in [1.29, 1.82) is 0 Å². The Hall–Kier alpha value is -0.730. The lowest BCUT2D eigenvalue weighted by Crippen LogP contribution is -1.89. The van der Waals surface area contributed by atoms with Crippen LogP contribution in [0.15, 0.2) is 18.2 Å². The van der Waals surface area contributed by atoms with Crippen LogP contribution in [0.2, 0.25) is 5.02 Å². The van der Waals surface area contributed by atoms with Gasteiger partial charge < -0.3 is 9.47 Å². The molecule has 0 spiro atoms. The normalized spacial score (nSPS) is 9.92. The Labute approximate surface area is 77.1 Å². The Kier molecular flexibility index (Phi) is 3.38. The summed E-state index contributed by atoms with van der Waals surface area (Å²) in [7, 11) is 3.25. The molecule has 1 aromatic rings. The maximum Gasteiger partial charge on any atom is 0.137 e. The third-order valence-electron chi connectivity index (χ3n) is 1.53. The van der Waals surface area contributed by atoms with Gasteiger partial charge in [-0.3, -0.25) is 0 Å². The van der Waals surface area contributed by atoms with Gasteiger partial charge in [0.25, 0.3) is 0 Å². The smallest absolute Gasteiger partial charge is 0.137 e. The molecule has 0 aliphatic rings. The van der Waals surface area contributed by atoms with Gasteiger partial charge in [-0.25, -0.2) is 0 Å². The second kappa shape index (κ2) is 4.33. The maximum absolute atomic E-state index is 5.88. The molecular formula is C9H11ClO2. The van der Waals surface area contributed by atoms with Crippen LogP contribution in [-0.2, 0) is 11.3 Å². The minimum Gasteiger partial charge on any atom is -0.495 e. The molecule has 0 amide bonds. The highest BCUT2D eigenvalue weighted by atomic mass is 35.5. The summed E-state index contributed by atoms with van der Waals surface area (Å²) in [6.45, 7) is 0.573. The van der Waals surface area contributed by atoms with Gasteiger partial charge >= 0.3 is 0 Å². The zero-order chi connectivity index (χ0) is 8.97. The molecule has 2 nitrogen and oxygen atoms in total. The molecule has 0 radical (unpaired) electrons. The molecule has 0 aliphatic heterocycles. The molecule has 0 saturated heterocycles. The van der Waals surface area contributed by atoms with Crippen molar-refractivity contribution in [1.82, 2.24) is 0 Å². The fourth-order valence-electron chi connectivity index (χ4n) is 0.966. The van der Waals surface area contributed by atoms with E-state index in [1.165, 1.54) is 0 Å². The minimum absolute atomic E-state index is 0.573. The van der Waals surface area contributed by atoms with Crippen molar-refractivity contribution in [2.75, 3.05) is 14.2 Å². The third-order valence-corrected chi connectivity index (χ3v) is 1.82. The second-order valence-corrected chi connectivity index (χ2v) is 2.81. The van der Waals surface area contributed by atoms with Gasteiger partial charge in [0, 0.05) is 7.11 Å². The summed E-state index contributed by atoms with van der Waals surface area (Å²) < 4.78 is 9.96. The van der Waals surface area contributed by atoms with E-state index in [0.29, 0.717) is 17.4 Å². The first-order chi connectivity index (χ1) is 5.77. The first kappa shape index (κ1) is 9.36. The summed E-state index contributed by atoms with van der Waals surface area (Å²) in [5.74, 6) is 0.691. The van der Waals surface area contributed by atoms with Crippen LogP contribution in [0, 0.1) is 0 Å². The van der Waals surface area contributed by atoms with Crippen molar-refractivity contribution in [3.8, 4) is 5.75 Å². The Bertz CT molecular complexity index is 261. The van der Waals surface area contributed by atoms with Gasteiger partial charge in [-0.15, -0.1) is 0 Å². The molecule has 66 valence electrons. The SMILES string of the molecule is COCc1ccc(OC)c(Cl)c1. The number of benzene rings is 1. The van der Waals surface area contributed by atoms with Crippen LogP contribution < -0.4 is 4.74 Å². The van der Waals surface area contributed by atoms with Crippen LogP contribution in [0.25, 0.3) is 0 Å². The summed E-state index contributed by atoms with van der Waals surface area (Å²) in [5.41, 5.74) is 1.04. The van der Waals surface area contributed by atoms with Gasteiger partial charge in [-0.1, -0.05) is 17.7 Å². The van der Waals surface area contributed by atoms with Crippen molar-refractivity contribution in [3.05, 3.63) is 28.8 Å². The van der Waals surface area contributed by atoms with Crippen molar-refractivity contribution in [2.24, 2.45) is 0 Å². The van der Waals surface area contributed by atoms with E-state index in [-0.39, 0.29) is 0 Å². The van der Waals surface area contributed by atoms with Crippen molar-refractivity contribution in [3.63, 3.8) is 0 Å². The van der Waals surface area contributed by atoms with E-state index < -0.39 is 0 Å². The van der Waals surface area contributed by atoms with Crippen molar-refractivity contribution < 1.29 is 9.47 Å². The lowest BCUT2D eigenvalue weighted by Gasteiger charge is -2.04. The van der Waals surface area contributed by atoms with E-state index in [1.807, 2.05) is 18.2 Å². The predicted octanol–water partition coefficient (Wildman–Crippen LogP) is 2.50. The van der Waals surface area contributed by atoms with Crippen molar-refractivity contribution >= 4 is 11.6 Å². The molecule has 0 aromatic heterocycles. The van der Waals surface area contributed by atoms with Crippen LogP contribution in [0.5, 0.6) is 5.75 Å². The number of rotatable bonds is 3. The molecule has 0 fully saturated rings. The fraction of sp³-hybridized carbons (Fsp3) is 0.333. The van der Waals surface area contributed by atoms with Crippen LogP contribution in [-0.4, -0.2) is 14.2 Å². The molecule has 0 bridgehead atoms. The second-order valence-electron chi connectivity index (χ2n) is 2.40. The molecule has 0 aliphatic carbocycles. The van der Waals surface area contributed by atoms with Crippen LogP contribution >= 0.6 is 11.6 Å². The first-order valence-electron chi connectivity index (χ1n) is 3.59. The number of hydrogen-bond donors (Lipinski definition) is 0. The fourth-order valence-corrected chi connectivity index (χ4v) is 1.25. The molecular weight excluding hydrogens is 176 g/mol. The number of ether oxygens (including phenoxy) is 2. The van der Waals surface area contributed by atoms with E-state index in [4.69, 9.17) is 21.1 Å². The molecule has 3 heteroatoms. The highest BCUT2D eigenvalue weighted by Gasteiger charge is 2.00. The van der Waals surface area contributed by atoms with E-state index in [1.54, 1.807) is 14.2 Å². The largest absolute Gasteiger partial charge is 0.495 e. The standard InChI is InChI=1S/C9H11ClO2/c1-11-6-7-3-4-9(12-2)8(10)5-7/h3-5H,6H2,1-2H3. The topological polar surface area (TPSA) is 18.5 Å². The van der Waals surface area contributed by atoms with Gasteiger partial charge in [0.2, 0.25) is 0 Å². The lowest BCUT2D eigenvalue weighted by atomic mass is 10.2. The highest BCUT2D eigenvalue weighted by Crippen LogP contribution is 2.24. The first-order valence-corrected chi connectivity index (χ1v) is 3.97. The van der Waals surface area contributed by atoms with E-state index in [2.05, 4.69) is 0 Å².